The van der Waals surface area contributed by atoms with Gasteiger partial charge in [-0.1, -0.05) is 6.07 Å². The van der Waals surface area contributed by atoms with Crippen molar-refractivity contribution in [1.82, 2.24) is 4.98 Å². The molecule has 0 unspecified atom stereocenters. The molecular weight excluding hydrogens is 316 g/mol. The standard InChI is InChI=1S/C16H16N2O2S2/c1-10-4-6-14(8-11(10)2)22(19,20)18-13-5-7-16-15(9-13)17-12(3)21-16/h4-9,18H,1-3H3. The zero-order valence-corrected chi connectivity index (χ0v) is 14.2. The largest absolute Gasteiger partial charge is 0.280 e. The maximum Gasteiger partial charge on any atom is 0.261 e. The highest BCUT2D eigenvalue weighted by molar-refractivity contribution is 7.92. The third-order valence-corrected chi connectivity index (χ3v) is 5.87. The monoisotopic (exact) mass is 332 g/mol. The first-order chi connectivity index (χ1) is 10.3. The maximum atomic E-state index is 12.5. The van der Waals surface area contributed by atoms with Crippen molar-refractivity contribution < 1.29 is 8.42 Å². The summed E-state index contributed by atoms with van der Waals surface area (Å²) in [6.07, 6.45) is 0. The number of nitrogens with one attached hydrogen (secondary N) is 1. The van der Waals surface area contributed by atoms with Crippen LogP contribution in [0.3, 0.4) is 0 Å². The van der Waals surface area contributed by atoms with E-state index in [-0.39, 0.29) is 4.90 Å². The minimum absolute atomic E-state index is 0.269. The number of nitrogens with zero attached hydrogens (tertiary/aromatic N) is 1. The molecule has 0 spiro atoms. The highest BCUT2D eigenvalue weighted by atomic mass is 32.2. The Hall–Kier alpha value is -1.92. The average Bonchev–Trinajstić information content (AvgIpc) is 2.80. The van der Waals surface area contributed by atoms with Gasteiger partial charge in [-0.3, -0.25) is 4.72 Å². The Morgan fingerprint density at radius 1 is 1.00 bits per heavy atom. The van der Waals surface area contributed by atoms with Crippen LogP contribution < -0.4 is 4.72 Å². The second kappa shape index (κ2) is 5.37. The topological polar surface area (TPSA) is 59.1 Å². The molecule has 0 bridgehead atoms. The molecule has 114 valence electrons. The summed E-state index contributed by atoms with van der Waals surface area (Å²) in [5.74, 6) is 0. The molecular formula is C16H16N2O2S2. The molecule has 0 aliphatic heterocycles. The Morgan fingerprint density at radius 3 is 2.50 bits per heavy atom. The van der Waals surface area contributed by atoms with Crippen molar-refractivity contribution in [3.8, 4) is 0 Å². The van der Waals surface area contributed by atoms with Crippen LogP contribution in [0.4, 0.5) is 5.69 Å². The predicted octanol–water partition coefficient (Wildman–Crippen LogP) is 4.02. The van der Waals surface area contributed by atoms with Crippen molar-refractivity contribution in [2.45, 2.75) is 25.7 Å². The third-order valence-electron chi connectivity index (χ3n) is 3.54. The molecule has 22 heavy (non-hydrogen) atoms. The average molecular weight is 332 g/mol. The van der Waals surface area contributed by atoms with Crippen LogP contribution in [0.25, 0.3) is 10.2 Å². The first kappa shape index (κ1) is 15.0. The molecule has 2 aromatic carbocycles. The molecule has 0 atom stereocenters. The van der Waals surface area contributed by atoms with Gasteiger partial charge in [0, 0.05) is 0 Å². The number of fused-ring (bicyclic) bond motifs is 1. The highest BCUT2D eigenvalue weighted by Crippen LogP contribution is 2.26. The molecule has 0 saturated carbocycles. The zero-order chi connectivity index (χ0) is 15.9. The first-order valence-electron chi connectivity index (χ1n) is 6.82. The summed E-state index contributed by atoms with van der Waals surface area (Å²) in [6, 6.07) is 10.5. The number of sulfonamides is 1. The maximum absolute atomic E-state index is 12.5. The third kappa shape index (κ3) is 2.84. The highest BCUT2D eigenvalue weighted by Gasteiger charge is 2.15. The molecule has 1 N–H and O–H groups in total. The Morgan fingerprint density at radius 2 is 1.77 bits per heavy atom. The second-order valence-electron chi connectivity index (χ2n) is 5.27. The van der Waals surface area contributed by atoms with E-state index in [0.29, 0.717) is 5.69 Å². The Balaban J connectivity index is 1.96. The van der Waals surface area contributed by atoms with Crippen molar-refractivity contribution in [2.75, 3.05) is 4.72 Å². The van der Waals surface area contributed by atoms with Gasteiger partial charge in [0.05, 0.1) is 25.8 Å². The minimum atomic E-state index is -3.59. The van der Waals surface area contributed by atoms with Crippen LogP contribution in [-0.4, -0.2) is 13.4 Å². The number of hydrogen-bond acceptors (Lipinski definition) is 4. The van der Waals surface area contributed by atoms with Gasteiger partial charge in [-0.05, 0) is 62.2 Å². The smallest absolute Gasteiger partial charge is 0.261 e. The predicted molar refractivity (Wildman–Crippen MR) is 91.1 cm³/mol. The Bertz CT molecular complexity index is 959. The fraction of sp³-hybridized carbons (Fsp3) is 0.188. The number of rotatable bonds is 3. The molecule has 0 fully saturated rings. The molecule has 4 nitrogen and oxygen atoms in total. The summed E-state index contributed by atoms with van der Waals surface area (Å²) in [5, 5.41) is 0.962. The first-order valence-corrected chi connectivity index (χ1v) is 9.12. The van der Waals surface area contributed by atoms with E-state index in [1.54, 1.807) is 35.6 Å². The van der Waals surface area contributed by atoms with E-state index in [0.717, 1.165) is 26.4 Å². The SMILES string of the molecule is Cc1nc2cc(NS(=O)(=O)c3ccc(C)c(C)c3)ccc2s1. The summed E-state index contributed by atoms with van der Waals surface area (Å²) >= 11 is 1.59. The summed E-state index contributed by atoms with van der Waals surface area (Å²) in [5.41, 5.74) is 3.35. The van der Waals surface area contributed by atoms with E-state index in [9.17, 15) is 8.42 Å². The van der Waals surface area contributed by atoms with Crippen molar-refractivity contribution in [3.63, 3.8) is 0 Å². The van der Waals surface area contributed by atoms with Gasteiger partial charge < -0.3 is 0 Å². The normalized spacial score (nSPS) is 11.8. The number of aryl methyl sites for hydroxylation is 3. The van der Waals surface area contributed by atoms with Gasteiger partial charge in [0.1, 0.15) is 0 Å². The van der Waals surface area contributed by atoms with Gasteiger partial charge in [0.15, 0.2) is 0 Å². The molecule has 6 heteroatoms. The molecule has 0 aliphatic rings. The number of aromatic nitrogens is 1. The van der Waals surface area contributed by atoms with Crippen molar-refractivity contribution in [1.29, 1.82) is 0 Å². The molecule has 0 amide bonds. The lowest BCUT2D eigenvalue weighted by Crippen LogP contribution is -2.13. The van der Waals surface area contributed by atoms with Crippen LogP contribution in [0.1, 0.15) is 16.1 Å². The van der Waals surface area contributed by atoms with Gasteiger partial charge in [0.2, 0.25) is 0 Å². The van der Waals surface area contributed by atoms with E-state index in [2.05, 4.69) is 9.71 Å². The van der Waals surface area contributed by atoms with Gasteiger partial charge in [0.25, 0.3) is 10.0 Å². The van der Waals surface area contributed by atoms with E-state index < -0.39 is 10.0 Å². The lowest BCUT2D eigenvalue weighted by Gasteiger charge is -2.09. The number of hydrogen-bond donors (Lipinski definition) is 1. The zero-order valence-electron chi connectivity index (χ0n) is 12.5. The fourth-order valence-corrected chi connectivity index (χ4v) is 4.14. The summed E-state index contributed by atoms with van der Waals surface area (Å²) in [6.45, 7) is 5.79. The van der Waals surface area contributed by atoms with E-state index in [4.69, 9.17) is 0 Å². The molecule has 0 saturated heterocycles. The van der Waals surface area contributed by atoms with Gasteiger partial charge in [-0.2, -0.15) is 0 Å². The lowest BCUT2D eigenvalue weighted by molar-refractivity contribution is 0.601. The van der Waals surface area contributed by atoms with Crippen LogP contribution >= 0.6 is 11.3 Å². The van der Waals surface area contributed by atoms with E-state index in [1.165, 1.54) is 0 Å². The van der Waals surface area contributed by atoms with Gasteiger partial charge in [-0.25, -0.2) is 13.4 Å². The van der Waals surface area contributed by atoms with Crippen LogP contribution in [0.15, 0.2) is 41.3 Å². The quantitative estimate of drug-likeness (QED) is 0.788. The fourth-order valence-electron chi connectivity index (χ4n) is 2.20. The van der Waals surface area contributed by atoms with Crippen LogP contribution in [0, 0.1) is 20.8 Å². The van der Waals surface area contributed by atoms with Crippen LogP contribution in [0.5, 0.6) is 0 Å². The molecule has 1 aromatic heterocycles. The van der Waals surface area contributed by atoms with Crippen molar-refractivity contribution >= 4 is 37.3 Å². The van der Waals surface area contributed by atoms with Crippen LogP contribution in [-0.2, 0) is 10.0 Å². The molecule has 3 aromatic rings. The van der Waals surface area contributed by atoms with Crippen molar-refractivity contribution in [2.24, 2.45) is 0 Å². The summed E-state index contributed by atoms with van der Waals surface area (Å²) in [7, 11) is -3.59. The second-order valence-corrected chi connectivity index (χ2v) is 8.18. The van der Waals surface area contributed by atoms with Crippen LogP contribution in [0.2, 0.25) is 0 Å². The molecule has 0 aliphatic carbocycles. The Labute approximate surface area is 133 Å². The number of benzene rings is 2. The van der Waals surface area contributed by atoms with Gasteiger partial charge in [-0.15, -0.1) is 11.3 Å². The van der Waals surface area contributed by atoms with Gasteiger partial charge >= 0.3 is 0 Å². The summed E-state index contributed by atoms with van der Waals surface area (Å²) in [4.78, 5) is 4.65. The summed E-state index contributed by atoms with van der Waals surface area (Å²) < 4.78 is 28.6. The molecule has 0 radical (unpaired) electrons. The number of anilines is 1. The molecule has 3 rings (SSSR count). The number of thiazole rings is 1. The van der Waals surface area contributed by atoms with E-state index >= 15 is 0 Å². The molecule has 1 heterocycles. The van der Waals surface area contributed by atoms with E-state index in [1.807, 2.05) is 32.9 Å². The Kier molecular flexibility index (Phi) is 3.66. The lowest BCUT2D eigenvalue weighted by atomic mass is 10.1. The van der Waals surface area contributed by atoms with Crippen molar-refractivity contribution in [3.05, 3.63) is 52.5 Å². The minimum Gasteiger partial charge on any atom is -0.280 e.